The number of benzene rings is 1. The van der Waals surface area contributed by atoms with E-state index in [4.69, 9.17) is 5.11 Å². The first-order valence-corrected chi connectivity index (χ1v) is 6.03. The zero-order valence-corrected chi connectivity index (χ0v) is 10.4. The smallest absolute Gasteiger partial charge is 0.335 e. The summed E-state index contributed by atoms with van der Waals surface area (Å²) in [5.41, 5.74) is -0.154. The highest BCUT2D eigenvalue weighted by atomic mass is 19.1. The number of aromatic carboxylic acids is 1. The lowest BCUT2D eigenvalue weighted by molar-refractivity contribution is -0.120. The number of halogens is 1. The van der Waals surface area contributed by atoms with Crippen LogP contribution in [0.4, 0.5) is 10.1 Å². The highest BCUT2D eigenvalue weighted by Gasteiger charge is 2.30. The van der Waals surface area contributed by atoms with Crippen LogP contribution in [0.25, 0.3) is 0 Å². The van der Waals surface area contributed by atoms with Gasteiger partial charge in [-0.3, -0.25) is 4.79 Å². The topological polar surface area (TPSA) is 78.4 Å². The molecule has 0 aliphatic carbocycles. The van der Waals surface area contributed by atoms with Crippen molar-refractivity contribution >= 4 is 17.6 Å². The normalized spacial score (nSPS) is 22.2. The molecule has 1 aromatic rings. The van der Waals surface area contributed by atoms with E-state index in [0.29, 0.717) is 6.54 Å². The standard InChI is InChI=1S/C13H15FN2O3/c1-7-5-15-6-9(7)12(17)16-11-4-8(13(18)19)2-3-10(11)14/h2-4,7,9,15H,5-6H2,1H3,(H,16,17)(H,18,19)/t7-,9-/m1/s1. The summed E-state index contributed by atoms with van der Waals surface area (Å²) in [5, 5.41) is 14.4. The van der Waals surface area contributed by atoms with Crippen LogP contribution in [0.15, 0.2) is 18.2 Å². The van der Waals surface area contributed by atoms with E-state index in [1.165, 1.54) is 0 Å². The number of carbonyl (C=O) groups excluding carboxylic acids is 1. The molecule has 1 amide bonds. The number of carboxylic acids is 1. The molecule has 19 heavy (non-hydrogen) atoms. The maximum Gasteiger partial charge on any atom is 0.335 e. The molecule has 1 saturated heterocycles. The molecule has 0 radical (unpaired) electrons. The summed E-state index contributed by atoms with van der Waals surface area (Å²) < 4.78 is 13.6. The van der Waals surface area contributed by atoms with Crippen LogP contribution in [0.2, 0.25) is 0 Å². The van der Waals surface area contributed by atoms with E-state index >= 15 is 0 Å². The Bertz CT molecular complexity index is 519. The third kappa shape index (κ3) is 2.90. The van der Waals surface area contributed by atoms with Gasteiger partial charge in [-0.15, -0.1) is 0 Å². The van der Waals surface area contributed by atoms with Crippen LogP contribution in [0.3, 0.4) is 0 Å². The van der Waals surface area contributed by atoms with E-state index in [0.717, 1.165) is 24.7 Å². The second-order valence-corrected chi connectivity index (χ2v) is 4.73. The summed E-state index contributed by atoms with van der Waals surface area (Å²) in [6, 6.07) is 3.32. The van der Waals surface area contributed by atoms with Crippen LogP contribution in [0.5, 0.6) is 0 Å². The summed E-state index contributed by atoms with van der Waals surface area (Å²) in [7, 11) is 0. The fraction of sp³-hybridized carbons (Fsp3) is 0.385. The third-order valence-electron chi connectivity index (χ3n) is 3.33. The molecule has 0 saturated carbocycles. The molecule has 0 aromatic heterocycles. The van der Waals surface area contributed by atoms with Crippen LogP contribution in [0.1, 0.15) is 17.3 Å². The molecule has 1 heterocycles. The molecule has 6 heteroatoms. The number of hydrogen-bond acceptors (Lipinski definition) is 3. The monoisotopic (exact) mass is 266 g/mol. The zero-order valence-electron chi connectivity index (χ0n) is 10.4. The van der Waals surface area contributed by atoms with E-state index in [-0.39, 0.29) is 29.0 Å². The summed E-state index contributed by atoms with van der Waals surface area (Å²) in [5.74, 6) is -2.15. The van der Waals surface area contributed by atoms with Gasteiger partial charge in [0.25, 0.3) is 0 Å². The molecule has 0 unspecified atom stereocenters. The van der Waals surface area contributed by atoms with Gasteiger partial charge < -0.3 is 15.7 Å². The van der Waals surface area contributed by atoms with Crippen molar-refractivity contribution in [3.63, 3.8) is 0 Å². The average molecular weight is 266 g/mol. The van der Waals surface area contributed by atoms with Crippen LogP contribution in [-0.2, 0) is 4.79 Å². The number of anilines is 1. The molecular weight excluding hydrogens is 251 g/mol. The minimum Gasteiger partial charge on any atom is -0.478 e. The molecular formula is C13H15FN2O3. The highest BCUT2D eigenvalue weighted by Crippen LogP contribution is 2.21. The Morgan fingerprint density at radius 2 is 2.16 bits per heavy atom. The number of nitrogens with one attached hydrogen (secondary N) is 2. The molecule has 1 aliphatic rings. The summed E-state index contributed by atoms with van der Waals surface area (Å²) in [4.78, 5) is 22.8. The predicted octanol–water partition coefficient (Wildman–Crippen LogP) is 1.32. The van der Waals surface area contributed by atoms with Crippen LogP contribution < -0.4 is 10.6 Å². The first kappa shape index (κ1) is 13.5. The lowest BCUT2D eigenvalue weighted by Crippen LogP contribution is -2.28. The average Bonchev–Trinajstić information content (AvgIpc) is 2.78. The SMILES string of the molecule is C[C@@H]1CNC[C@H]1C(=O)Nc1cc(C(=O)O)ccc1F. The van der Waals surface area contributed by atoms with Crippen molar-refractivity contribution < 1.29 is 19.1 Å². The zero-order chi connectivity index (χ0) is 14.0. The predicted molar refractivity (Wildman–Crippen MR) is 67.5 cm³/mol. The minimum atomic E-state index is -1.16. The van der Waals surface area contributed by atoms with Gasteiger partial charge in [0.2, 0.25) is 5.91 Å². The van der Waals surface area contributed by atoms with Crippen molar-refractivity contribution in [3.8, 4) is 0 Å². The number of carbonyl (C=O) groups is 2. The Kier molecular flexibility index (Phi) is 3.80. The van der Waals surface area contributed by atoms with Gasteiger partial charge in [0.1, 0.15) is 5.82 Å². The number of carboxylic acid groups (broad SMARTS) is 1. The summed E-state index contributed by atoms with van der Waals surface area (Å²) in [6.45, 7) is 3.23. The number of amides is 1. The Morgan fingerprint density at radius 1 is 1.42 bits per heavy atom. The molecule has 1 fully saturated rings. The van der Waals surface area contributed by atoms with Crippen molar-refractivity contribution in [1.82, 2.24) is 5.32 Å². The van der Waals surface area contributed by atoms with Crippen molar-refractivity contribution in [3.05, 3.63) is 29.6 Å². The second-order valence-electron chi connectivity index (χ2n) is 4.73. The molecule has 5 nitrogen and oxygen atoms in total. The first-order chi connectivity index (χ1) is 8.99. The van der Waals surface area contributed by atoms with Crippen LogP contribution >= 0.6 is 0 Å². The van der Waals surface area contributed by atoms with Gasteiger partial charge in [-0.2, -0.15) is 0 Å². The molecule has 0 spiro atoms. The van der Waals surface area contributed by atoms with E-state index in [1.807, 2.05) is 6.92 Å². The van der Waals surface area contributed by atoms with Crippen molar-refractivity contribution in [1.29, 1.82) is 0 Å². The van der Waals surface area contributed by atoms with Crippen LogP contribution in [-0.4, -0.2) is 30.1 Å². The molecule has 3 N–H and O–H groups in total. The second kappa shape index (κ2) is 5.36. The van der Waals surface area contributed by atoms with Gasteiger partial charge in [-0.05, 0) is 30.7 Å². The van der Waals surface area contributed by atoms with Gasteiger partial charge in [0.05, 0.1) is 17.2 Å². The lowest BCUT2D eigenvalue weighted by Gasteiger charge is -2.14. The summed E-state index contributed by atoms with van der Waals surface area (Å²) in [6.07, 6.45) is 0. The number of hydrogen-bond donors (Lipinski definition) is 3. The van der Waals surface area contributed by atoms with Gasteiger partial charge in [-0.1, -0.05) is 6.92 Å². The van der Waals surface area contributed by atoms with E-state index < -0.39 is 11.8 Å². The minimum absolute atomic E-state index is 0.0608. The first-order valence-electron chi connectivity index (χ1n) is 6.03. The quantitative estimate of drug-likeness (QED) is 0.771. The Morgan fingerprint density at radius 3 is 2.74 bits per heavy atom. The fourth-order valence-electron chi connectivity index (χ4n) is 2.14. The fourth-order valence-corrected chi connectivity index (χ4v) is 2.14. The highest BCUT2D eigenvalue weighted by molar-refractivity contribution is 5.95. The Labute approximate surface area is 109 Å². The van der Waals surface area contributed by atoms with Gasteiger partial charge in [-0.25, -0.2) is 9.18 Å². The summed E-state index contributed by atoms with van der Waals surface area (Å²) >= 11 is 0. The third-order valence-corrected chi connectivity index (χ3v) is 3.33. The molecule has 2 rings (SSSR count). The van der Waals surface area contributed by atoms with E-state index in [2.05, 4.69) is 10.6 Å². The van der Waals surface area contributed by atoms with Gasteiger partial charge in [0, 0.05) is 6.54 Å². The molecule has 1 aromatic carbocycles. The Hall–Kier alpha value is -1.95. The van der Waals surface area contributed by atoms with E-state index in [1.54, 1.807) is 0 Å². The van der Waals surface area contributed by atoms with E-state index in [9.17, 15) is 14.0 Å². The molecule has 0 bridgehead atoms. The van der Waals surface area contributed by atoms with Crippen molar-refractivity contribution in [2.24, 2.45) is 11.8 Å². The van der Waals surface area contributed by atoms with Gasteiger partial charge in [0.15, 0.2) is 0 Å². The van der Waals surface area contributed by atoms with Crippen LogP contribution in [0, 0.1) is 17.7 Å². The van der Waals surface area contributed by atoms with Crippen molar-refractivity contribution in [2.45, 2.75) is 6.92 Å². The molecule has 102 valence electrons. The molecule has 2 atom stereocenters. The molecule has 1 aliphatic heterocycles. The maximum atomic E-state index is 13.6. The lowest BCUT2D eigenvalue weighted by atomic mass is 9.97. The van der Waals surface area contributed by atoms with Crippen molar-refractivity contribution in [2.75, 3.05) is 18.4 Å². The number of rotatable bonds is 3. The maximum absolute atomic E-state index is 13.6. The Balaban J connectivity index is 2.16. The van der Waals surface area contributed by atoms with Gasteiger partial charge >= 0.3 is 5.97 Å². The largest absolute Gasteiger partial charge is 0.478 e.